The number of hydrogen-bond donors (Lipinski definition) is 1. The van der Waals surface area contributed by atoms with E-state index in [1.165, 1.54) is 6.92 Å². The Morgan fingerprint density at radius 1 is 1.35 bits per heavy atom. The standard InChI is InChI=1S/C15H17N3O2/c1-3-14-13(16)4-5-15(18-14)20-12-6-7-17-11(9-12)8-10(2)19/h4-7,9H,3,8,16H2,1-2H3. The van der Waals surface area contributed by atoms with Crippen LogP contribution in [0.15, 0.2) is 30.5 Å². The van der Waals surface area contributed by atoms with Gasteiger partial charge in [0.25, 0.3) is 0 Å². The van der Waals surface area contributed by atoms with Gasteiger partial charge in [0.1, 0.15) is 11.5 Å². The Kier molecular flexibility index (Phi) is 4.30. The molecule has 0 aliphatic heterocycles. The molecule has 5 heteroatoms. The number of pyridine rings is 2. The van der Waals surface area contributed by atoms with E-state index in [1.807, 2.05) is 6.92 Å². The summed E-state index contributed by atoms with van der Waals surface area (Å²) in [6.07, 6.45) is 2.66. The molecule has 0 aliphatic carbocycles. The van der Waals surface area contributed by atoms with Crippen molar-refractivity contribution in [2.24, 2.45) is 0 Å². The van der Waals surface area contributed by atoms with Crippen molar-refractivity contribution in [3.8, 4) is 11.6 Å². The maximum Gasteiger partial charge on any atom is 0.219 e. The normalized spacial score (nSPS) is 10.3. The van der Waals surface area contributed by atoms with Gasteiger partial charge in [-0.3, -0.25) is 9.78 Å². The number of Topliss-reactive ketones (excluding diaryl/α,β-unsaturated/α-hetero) is 1. The first-order valence-electron chi connectivity index (χ1n) is 6.46. The monoisotopic (exact) mass is 271 g/mol. The average molecular weight is 271 g/mol. The molecule has 0 fully saturated rings. The number of aryl methyl sites for hydroxylation is 1. The molecule has 0 amide bonds. The Labute approximate surface area is 117 Å². The van der Waals surface area contributed by atoms with Crippen molar-refractivity contribution in [1.82, 2.24) is 9.97 Å². The van der Waals surface area contributed by atoms with E-state index in [0.29, 0.717) is 29.4 Å². The zero-order valence-corrected chi connectivity index (χ0v) is 11.6. The number of ether oxygens (including phenoxy) is 1. The van der Waals surface area contributed by atoms with Gasteiger partial charge in [-0.1, -0.05) is 6.92 Å². The maximum atomic E-state index is 11.1. The lowest BCUT2D eigenvalue weighted by atomic mass is 10.2. The molecule has 5 nitrogen and oxygen atoms in total. The fourth-order valence-electron chi connectivity index (χ4n) is 1.82. The number of hydrogen-bond acceptors (Lipinski definition) is 5. The summed E-state index contributed by atoms with van der Waals surface area (Å²) in [7, 11) is 0. The van der Waals surface area contributed by atoms with Crippen LogP contribution in [0.1, 0.15) is 25.2 Å². The molecular formula is C15H17N3O2. The molecule has 2 aromatic rings. The van der Waals surface area contributed by atoms with Gasteiger partial charge in [0, 0.05) is 24.8 Å². The number of aromatic nitrogens is 2. The SMILES string of the molecule is CCc1nc(Oc2ccnc(CC(C)=O)c2)ccc1N. The lowest BCUT2D eigenvalue weighted by Crippen LogP contribution is -2.00. The first-order valence-corrected chi connectivity index (χ1v) is 6.46. The van der Waals surface area contributed by atoms with Crippen LogP contribution in [0.4, 0.5) is 5.69 Å². The Balaban J connectivity index is 2.19. The number of anilines is 1. The molecule has 2 aromatic heterocycles. The van der Waals surface area contributed by atoms with E-state index in [1.54, 1.807) is 30.5 Å². The highest BCUT2D eigenvalue weighted by Gasteiger charge is 2.05. The number of carbonyl (C=O) groups excluding carboxylic acids is 1. The molecular weight excluding hydrogens is 254 g/mol. The van der Waals surface area contributed by atoms with Crippen molar-refractivity contribution in [2.75, 3.05) is 5.73 Å². The predicted octanol–water partition coefficient (Wildman–Crippen LogP) is 2.54. The highest BCUT2D eigenvalue weighted by atomic mass is 16.5. The minimum absolute atomic E-state index is 0.0635. The van der Waals surface area contributed by atoms with Crippen molar-refractivity contribution in [3.63, 3.8) is 0 Å². The molecule has 0 radical (unpaired) electrons. The van der Waals surface area contributed by atoms with Gasteiger partial charge in [-0.25, -0.2) is 4.98 Å². The van der Waals surface area contributed by atoms with Crippen LogP contribution in [0, 0.1) is 0 Å². The molecule has 0 spiro atoms. The van der Waals surface area contributed by atoms with Gasteiger partial charge in [0.05, 0.1) is 17.1 Å². The molecule has 0 aliphatic rings. The smallest absolute Gasteiger partial charge is 0.219 e. The van der Waals surface area contributed by atoms with Gasteiger partial charge >= 0.3 is 0 Å². The van der Waals surface area contributed by atoms with E-state index >= 15 is 0 Å². The zero-order valence-electron chi connectivity index (χ0n) is 11.6. The van der Waals surface area contributed by atoms with E-state index in [2.05, 4.69) is 9.97 Å². The molecule has 0 atom stereocenters. The quantitative estimate of drug-likeness (QED) is 0.904. The molecule has 0 saturated carbocycles. The second kappa shape index (κ2) is 6.14. The number of carbonyl (C=O) groups is 1. The molecule has 0 unspecified atom stereocenters. The van der Waals surface area contributed by atoms with Crippen LogP contribution in [0.2, 0.25) is 0 Å². The second-order valence-corrected chi connectivity index (χ2v) is 4.50. The van der Waals surface area contributed by atoms with Crippen LogP contribution in [0.5, 0.6) is 11.6 Å². The molecule has 2 rings (SSSR count). The van der Waals surface area contributed by atoms with E-state index in [9.17, 15) is 4.79 Å². The van der Waals surface area contributed by atoms with E-state index in [-0.39, 0.29) is 5.78 Å². The van der Waals surface area contributed by atoms with Crippen molar-refractivity contribution in [3.05, 3.63) is 41.9 Å². The zero-order chi connectivity index (χ0) is 14.5. The molecule has 0 bridgehead atoms. The summed E-state index contributed by atoms with van der Waals surface area (Å²) in [5.41, 5.74) is 7.95. The van der Waals surface area contributed by atoms with Crippen molar-refractivity contribution in [2.45, 2.75) is 26.7 Å². The van der Waals surface area contributed by atoms with Gasteiger partial charge < -0.3 is 10.5 Å². The lowest BCUT2D eigenvalue weighted by Gasteiger charge is -2.08. The summed E-state index contributed by atoms with van der Waals surface area (Å²) >= 11 is 0. The number of rotatable bonds is 5. The number of ketones is 1. The predicted molar refractivity (Wildman–Crippen MR) is 76.7 cm³/mol. The van der Waals surface area contributed by atoms with Crippen molar-refractivity contribution < 1.29 is 9.53 Å². The largest absolute Gasteiger partial charge is 0.439 e. The lowest BCUT2D eigenvalue weighted by molar-refractivity contribution is -0.116. The minimum Gasteiger partial charge on any atom is -0.439 e. The second-order valence-electron chi connectivity index (χ2n) is 4.50. The Morgan fingerprint density at radius 2 is 2.15 bits per heavy atom. The van der Waals surface area contributed by atoms with Crippen LogP contribution in [-0.2, 0) is 17.6 Å². The summed E-state index contributed by atoms with van der Waals surface area (Å²) in [6, 6.07) is 6.97. The highest BCUT2D eigenvalue weighted by Crippen LogP contribution is 2.22. The third-order valence-electron chi connectivity index (χ3n) is 2.76. The number of nitrogens with zero attached hydrogens (tertiary/aromatic N) is 2. The van der Waals surface area contributed by atoms with Crippen LogP contribution >= 0.6 is 0 Å². The maximum absolute atomic E-state index is 11.1. The van der Waals surface area contributed by atoms with E-state index in [0.717, 1.165) is 12.1 Å². The molecule has 0 saturated heterocycles. The average Bonchev–Trinajstić information content (AvgIpc) is 2.40. The van der Waals surface area contributed by atoms with Crippen LogP contribution < -0.4 is 10.5 Å². The topological polar surface area (TPSA) is 78.1 Å². The summed E-state index contributed by atoms with van der Waals surface area (Å²) in [6.45, 7) is 3.52. The third kappa shape index (κ3) is 3.54. The van der Waals surface area contributed by atoms with Crippen LogP contribution in [-0.4, -0.2) is 15.8 Å². The van der Waals surface area contributed by atoms with E-state index < -0.39 is 0 Å². The van der Waals surface area contributed by atoms with Gasteiger partial charge in [-0.05, 0) is 25.5 Å². The summed E-state index contributed by atoms with van der Waals surface area (Å²) in [5.74, 6) is 1.15. The molecule has 2 heterocycles. The molecule has 2 N–H and O–H groups in total. The first kappa shape index (κ1) is 14.0. The van der Waals surface area contributed by atoms with Crippen LogP contribution in [0.25, 0.3) is 0 Å². The minimum atomic E-state index is 0.0635. The van der Waals surface area contributed by atoms with Crippen LogP contribution in [0.3, 0.4) is 0 Å². The van der Waals surface area contributed by atoms with Crippen molar-refractivity contribution >= 4 is 11.5 Å². The van der Waals surface area contributed by atoms with Gasteiger partial charge in [-0.2, -0.15) is 0 Å². The number of nitrogen functional groups attached to an aromatic ring is 1. The Morgan fingerprint density at radius 3 is 2.85 bits per heavy atom. The Bertz CT molecular complexity index is 626. The third-order valence-corrected chi connectivity index (χ3v) is 2.76. The van der Waals surface area contributed by atoms with Crippen molar-refractivity contribution in [1.29, 1.82) is 0 Å². The fourth-order valence-corrected chi connectivity index (χ4v) is 1.82. The Hall–Kier alpha value is -2.43. The van der Waals surface area contributed by atoms with Gasteiger partial charge in [0.2, 0.25) is 5.88 Å². The van der Waals surface area contributed by atoms with Gasteiger partial charge in [-0.15, -0.1) is 0 Å². The van der Waals surface area contributed by atoms with E-state index in [4.69, 9.17) is 10.5 Å². The summed E-state index contributed by atoms with van der Waals surface area (Å²) < 4.78 is 5.68. The molecule has 104 valence electrons. The fraction of sp³-hybridized carbons (Fsp3) is 0.267. The van der Waals surface area contributed by atoms with Gasteiger partial charge in [0.15, 0.2) is 0 Å². The summed E-state index contributed by atoms with van der Waals surface area (Å²) in [4.78, 5) is 19.6. The molecule has 0 aromatic carbocycles. The highest BCUT2D eigenvalue weighted by molar-refractivity contribution is 5.77. The summed E-state index contributed by atoms with van der Waals surface area (Å²) in [5, 5.41) is 0. The molecule has 20 heavy (non-hydrogen) atoms. The first-order chi connectivity index (χ1) is 9.58. The number of nitrogens with two attached hydrogens (primary N) is 1.